The number of nitrogens with one attached hydrogen (secondary N) is 1. The van der Waals surface area contributed by atoms with Crippen molar-refractivity contribution in [1.29, 1.82) is 5.26 Å². The number of ether oxygens (including phenoxy) is 1. The molecule has 0 radical (unpaired) electrons. The van der Waals surface area contributed by atoms with Crippen LogP contribution in [0.15, 0.2) is 71.1 Å². The molecule has 3 aromatic carbocycles. The van der Waals surface area contributed by atoms with Gasteiger partial charge >= 0.3 is 10.1 Å². The van der Waals surface area contributed by atoms with Crippen LogP contribution in [0.1, 0.15) is 11.1 Å². The molecule has 0 spiro atoms. The van der Waals surface area contributed by atoms with Crippen LogP contribution in [0.3, 0.4) is 0 Å². The fraction of sp³-hybridized carbons (Fsp3) is 0.0833. The summed E-state index contributed by atoms with van der Waals surface area (Å²) in [5, 5.41) is 22.9. The summed E-state index contributed by atoms with van der Waals surface area (Å²) >= 11 is 6.00. The number of amides is 1. The van der Waals surface area contributed by atoms with Crippen molar-refractivity contribution in [2.24, 2.45) is 0 Å². The Bertz CT molecular complexity index is 1510. The molecular formula is C24H18ClN3O7S. The predicted octanol–water partition coefficient (Wildman–Crippen LogP) is 4.88. The van der Waals surface area contributed by atoms with Gasteiger partial charge in [0.1, 0.15) is 16.5 Å². The smallest absolute Gasteiger partial charge is 0.339 e. The van der Waals surface area contributed by atoms with E-state index in [-0.39, 0.29) is 38.4 Å². The van der Waals surface area contributed by atoms with Crippen LogP contribution in [0, 0.1) is 28.4 Å². The molecule has 0 bridgehead atoms. The molecule has 0 saturated heterocycles. The van der Waals surface area contributed by atoms with Crippen molar-refractivity contribution in [3.8, 4) is 17.6 Å². The van der Waals surface area contributed by atoms with Gasteiger partial charge in [0.05, 0.1) is 22.7 Å². The Labute approximate surface area is 211 Å². The minimum atomic E-state index is -4.14. The van der Waals surface area contributed by atoms with Crippen LogP contribution in [-0.2, 0) is 14.9 Å². The number of nitriles is 1. The van der Waals surface area contributed by atoms with E-state index >= 15 is 0 Å². The van der Waals surface area contributed by atoms with Crippen molar-refractivity contribution in [2.75, 3.05) is 12.4 Å². The minimum Gasteiger partial charge on any atom is -0.493 e. The number of nitro groups is 1. The Morgan fingerprint density at radius 3 is 2.42 bits per heavy atom. The molecule has 0 aliphatic carbocycles. The van der Waals surface area contributed by atoms with Crippen LogP contribution in [0.5, 0.6) is 11.5 Å². The highest BCUT2D eigenvalue weighted by molar-refractivity contribution is 7.87. The Kier molecular flexibility index (Phi) is 7.93. The molecule has 12 heteroatoms. The summed E-state index contributed by atoms with van der Waals surface area (Å²) in [6.45, 7) is 1.82. The molecule has 0 unspecified atom stereocenters. The Hall–Kier alpha value is -4.40. The molecule has 36 heavy (non-hydrogen) atoms. The molecule has 0 atom stereocenters. The number of aryl methyl sites for hydroxylation is 1. The van der Waals surface area contributed by atoms with Crippen molar-refractivity contribution in [3.05, 3.63) is 92.5 Å². The van der Waals surface area contributed by atoms with Gasteiger partial charge in [-0.15, -0.1) is 0 Å². The predicted molar refractivity (Wildman–Crippen MR) is 132 cm³/mol. The molecule has 3 aromatic rings. The first-order chi connectivity index (χ1) is 17.0. The average molecular weight is 528 g/mol. The number of carbonyl (C=O) groups excluding carboxylic acids is 1. The second kappa shape index (κ2) is 10.9. The van der Waals surface area contributed by atoms with Gasteiger partial charge in [-0.05, 0) is 48.9 Å². The number of halogens is 1. The summed E-state index contributed by atoms with van der Waals surface area (Å²) in [6, 6.07) is 15.5. The van der Waals surface area contributed by atoms with Gasteiger partial charge in [-0.2, -0.15) is 13.7 Å². The maximum atomic E-state index is 12.6. The lowest BCUT2D eigenvalue weighted by molar-refractivity contribution is -0.384. The molecule has 184 valence electrons. The van der Waals surface area contributed by atoms with Gasteiger partial charge in [0, 0.05) is 12.1 Å². The maximum absolute atomic E-state index is 12.6. The highest BCUT2D eigenvalue weighted by atomic mass is 35.5. The van der Waals surface area contributed by atoms with Crippen molar-refractivity contribution < 1.29 is 27.1 Å². The summed E-state index contributed by atoms with van der Waals surface area (Å²) in [7, 11) is -2.84. The number of carbonyl (C=O) groups is 1. The van der Waals surface area contributed by atoms with E-state index in [4.69, 9.17) is 20.5 Å². The average Bonchev–Trinajstić information content (AvgIpc) is 2.84. The maximum Gasteiger partial charge on any atom is 0.339 e. The Balaban J connectivity index is 1.86. The van der Waals surface area contributed by atoms with Gasteiger partial charge in [-0.1, -0.05) is 35.4 Å². The van der Waals surface area contributed by atoms with Gasteiger partial charge in [0.2, 0.25) is 0 Å². The van der Waals surface area contributed by atoms with Crippen LogP contribution in [0.2, 0.25) is 5.02 Å². The second-order valence-corrected chi connectivity index (χ2v) is 9.26. The van der Waals surface area contributed by atoms with Crippen molar-refractivity contribution in [1.82, 2.24) is 0 Å². The summed E-state index contributed by atoms with van der Waals surface area (Å²) in [5.41, 5.74) is 0.523. The molecule has 1 amide bonds. The fourth-order valence-corrected chi connectivity index (χ4v) is 4.05. The Morgan fingerprint density at radius 1 is 1.11 bits per heavy atom. The molecule has 0 aliphatic rings. The topological polar surface area (TPSA) is 149 Å². The van der Waals surface area contributed by atoms with E-state index in [1.54, 1.807) is 18.2 Å². The summed E-state index contributed by atoms with van der Waals surface area (Å²) in [5.74, 6) is -0.915. The number of anilines is 1. The van der Waals surface area contributed by atoms with Crippen molar-refractivity contribution in [3.63, 3.8) is 0 Å². The van der Waals surface area contributed by atoms with Crippen LogP contribution < -0.4 is 14.2 Å². The number of methoxy groups -OCH3 is 1. The van der Waals surface area contributed by atoms with E-state index in [0.29, 0.717) is 5.56 Å². The molecule has 0 saturated carbocycles. The lowest BCUT2D eigenvalue weighted by Crippen LogP contribution is -2.14. The molecule has 10 nitrogen and oxygen atoms in total. The first kappa shape index (κ1) is 26.2. The first-order valence-corrected chi connectivity index (χ1v) is 11.9. The number of nitro benzene ring substituents is 1. The first-order valence-electron chi connectivity index (χ1n) is 10.1. The zero-order valence-corrected chi connectivity index (χ0v) is 20.5. The zero-order chi connectivity index (χ0) is 26.5. The number of nitrogens with zero attached hydrogens (tertiary/aromatic N) is 2. The highest BCUT2D eigenvalue weighted by Gasteiger charge is 2.20. The largest absolute Gasteiger partial charge is 0.493 e. The van der Waals surface area contributed by atoms with Crippen molar-refractivity contribution in [2.45, 2.75) is 11.8 Å². The second-order valence-electron chi connectivity index (χ2n) is 7.31. The van der Waals surface area contributed by atoms with Crippen LogP contribution in [-0.4, -0.2) is 26.4 Å². The molecule has 0 fully saturated rings. The standard InChI is InChI=1S/C24H18ClN3O7S/c1-15-3-7-19(8-4-15)36(32,33)35-22-10-5-16(12-23(22)34-2)11-17(14-26)24(29)27-21-13-18(28(30)31)6-9-20(21)25/h3-13H,1-2H3,(H,27,29)/b17-11+. The number of hydrogen-bond donors (Lipinski definition) is 1. The number of benzene rings is 3. The Morgan fingerprint density at radius 2 is 1.81 bits per heavy atom. The summed E-state index contributed by atoms with van der Waals surface area (Å²) in [4.78, 5) is 22.9. The minimum absolute atomic E-state index is 0.0395. The van der Waals surface area contributed by atoms with E-state index in [1.165, 1.54) is 55.7 Å². The lowest BCUT2D eigenvalue weighted by atomic mass is 10.1. The van der Waals surface area contributed by atoms with Crippen LogP contribution in [0.4, 0.5) is 11.4 Å². The third-order valence-electron chi connectivity index (χ3n) is 4.78. The SMILES string of the molecule is COc1cc(/C=C(\C#N)C(=O)Nc2cc([N+](=O)[O-])ccc2Cl)ccc1OS(=O)(=O)c1ccc(C)cc1. The summed E-state index contributed by atoms with van der Waals surface area (Å²) in [6.07, 6.45) is 1.22. The van der Waals surface area contributed by atoms with Gasteiger partial charge in [0.25, 0.3) is 11.6 Å². The fourth-order valence-electron chi connectivity index (χ4n) is 2.94. The molecule has 1 N–H and O–H groups in total. The van der Waals surface area contributed by atoms with Gasteiger partial charge < -0.3 is 14.2 Å². The number of rotatable bonds is 8. The third kappa shape index (κ3) is 6.18. The van der Waals surface area contributed by atoms with E-state index in [2.05, 4.69) is 5.32 Å². The monoisotopic (exact) mass is 527 g/mol. The van der Waals surface area contributed by atoms with Gasteiger partial charge in [0.15, 0.2) is 11.5 Å². The van der Waals surface area contributed by atoms with E-state index < -0.39 is 20.9 Å². The highest BCUT2D eigenvalue weighted by Crippen LogP contribution is 2.32. The molecule has 3 rings (SSSR count). The molecule has 0 aromatic heterocycles. The van der Waals surface area contributed by atoms with E-state index in [1.807, 2.05) is 6.92 Å². The van der Waals surface area contributed by atoms with E-state index in [0.717, 1.165) is 11.6 Å². The number of non-ortho nitro benzene ring substituents is 1. The van der Waals surface area contributed by atoms with Crippen LogP contribution in [0.25, 0.3) is 6.08 Å². The van der Waals surface area contributed by atoms with Gasteiger partial charge in [-0.25, -0.2) is 0 Å². The molecular weight excluding hydrogens is 510 g/mol. The normalized spacial score (nSPS) is 11.3. The summed E-state index contributed by atoms with van der Waals surface area (Å²) < 4.78 is 35.7. The van der Waals surface area contributed by atoms with Gasteiger partial charge in [-0.3, -0.25) is 14.9 Å². The van der Waals surface area contributed by atoms with E-state index in [9.17, 15) is 28.6 Å². The lowest BCUT2D eigenvalue weighted by Gasteiger charge is -2.12. The van der Waals surface area contributed by atoms with Crippen molar-refractivity contribution >= 4 is 45.1 Å². The molecule has 0 heterocycles. The zero-order valence-electron chi connectivity index (χ0n) is 18.9. The third-order valence-corrected chi connectivity index (χ3v) is 6.36. The molecule has 0 aliphatic heterocycles. The number of hydrogen-bond acceptors (Lipinski definition) is 8. The van der Waals surface area contributed by atoms with Crippen LogP contribution >= 0.6 is 11.6 Å². The quantitative estimate of drug-likeness (QED) is 0.143.